The summed E-state index contributed by atoms with van der Waals surface area (Å²) in [6.07, 6.45) is 2.90. The summed E-state index contributed by atoms with van der Waals surface area (Å²) >= 11 is 0. The van der Waals surface area contributed by atoms with Crippen LogP contribution in [0.1, 0.15) is 40.0 Å². The van der Waals surface area contributed by atoms with E-state index in [1.165, 1.54) is 5.69 Å². The van der Waals surface area contributed by atoms with E-state index >= 15 is 0 Å². The Bertz CT molecular complexity index is 378. The fraction of sp³-hybridized carbons (Fsp3) is 0.588. The molecular formula is C17H27NO2. The molecule has 0 radical (unpaired) electrons. The number of carbonyl (C=O) groups excluding carboxylic acids is 1. The van der Waals surface area contributed by atoms with E-state index in [4.69, 9.17) is 4.74 Å². The third kappa shape index (κ3) is 4.87. The zero-order valence-corrected chi connectivity index (χ0v) is 13.0. The third-order valence-electron chi connectivity index (χ3n) is 3.47. The first-order valence-corrected chi connectivity index (χ1v) is 7.78. The molecule has 1 unspecified atom stereocenters. The minimum atomic E-state index is -0.0209. The molecule has 0 amide bonds. The quantitative estimate of drug-likeness (QED) is 0.785. The molecule has 112 valence electrons. The normalized spacial score (nSPS) is 18.6. The number of esters is 1. The Hall–Kier alpha value is -1.51. The Labute approximate surface area is 122 Å². The Kier molecular flexibility index (Phi) is 7.78. The van der Waals surface area contributed by atoms with Crippen LogP contribution in [-0.2, 0) is 9.53 Å². The summed E-state index contributed by atoms with van der Waals surface area (Å²) in [4.78, 5) is 14.1. The second-order valence-electron chi connectivity index (χ2n) is 4.70. The molecule has 1 aromatic carbocycles. The van der Waals surface area contributed by atoms with Crippen LogP contribution in [-0.4, -0.2) is 25.7 Å². The maximum Gasteiger partial charge on any atom is 0.308 e. The Morgan fingerprint density at radius 2 is 1.90 bits per heavy atom. The van der Waals surface area contributed by atoms with Crippen molar-refractivity contribution in [1.82, 2.24) is 0 Å². The summed E-state index contributed by atoms with van der Waals surface area (Å²) in [7, 11) is 0. The fourth-order valence-corrected chi connectivity index (χ4v) is 2.49. The molecule has 3 heteroatoms. The second-order valence-corrected chi connectivity index (χ2v) is 4.70. The Balaban J connectivity index is 0.000000956. The van der Waals surface area contributed by atoms with Gasteiger partial charge in [-0.15, -0.1) is 0 Å². The van der Waals surface area contributed by atoms with Crippen molar-refractivity contribution >= 4 is 11.7 Å². The highest BCUT2D eigenvalue weighted by molar-refractivity contribution is 5.72. The molecule has 0 aliphatic carbocycles. The highest BCUT2D eigenvalue weighted by Crippen LogP contribution is 2.23. The first kappa shape index (κ1) is 16.5. The summed E-state index contributed by atoms with van der Waals surface area (Å²) < 4.78 is 5.12. The molecule has 1 aromatic rings. The monoisotopic (exact) mass is 277 g/mol. The Morgan fingerprint density at radius 1 is 1.20 bits per heavy atom. The van der Waals surface area contributed by atoms with Crippen LogP contribution >= 0.6 is 0 Å². The van der Waals surface area contributed by atoms with Crippen LogP contribution < -0.4 is 4.90 Å². The van der Waals surface area contributed by atoms with Crippen LogP contribution in [0.4, 0.5) is 5.69 Å². The van der Waals surface area contributed by atoms with Gasteiger partial charge in [-0.2, -0.15) is 0 Å². The lowest BCUT2D eigenvalue weighted by molar-refractivity contribution is -0.148. The maximum atomic E-state index is 11.8. The predicted molar refractivity (Wildman–Crippen MR) is 84.0 cm³/mol. The van der Waals surface area contributed by atoms with E-state index in [0.29, 0.717) is 6.61 Å². The first-order valence-electron chi connectivity index (χ1n) is 7.78. The summed E-state index contributed by atoms with van der Waals surface area (Å²) in [6, 6.07) is 10.4. The smallest absolute Gasteiger partial charge is 0.308 e. The van der Waals surface area contributed by atoms with Gasteiger partial charge in [0.25, 0.3) is 0 Å². The third-order valence-corrected chi connectivity index (χ3v) is 3.47. The van der Waals surface area contributed by atoms with E-state index < -0.39 is 0 Å². The van der Waals surface area contributed by atoms with Gasteiger partial charge < -0.3 is 9.64 Å². The van der Waals surface area contributed by atoms with Crippen LogP contribution in [0.15, 0.2) is 30.3 Å². The number of hydrogen-bond acceptors (Lipinski definition) is 3. The van der Waals surface area contributed by atoms with E-state index in [1.807, 2.05) is 26.8 Å². The molecule has 0 aromatic heterocycles. The van der Waals surface area contributed by atoms with E-state index in [2.05, 4.69) is 29.2 Å². The SMILES string of the molecule is CC.CCOC(=O)C1CCCN(c2ccccc2)CC1. The van der Waals surface area contributed by atoms with Gasteiger partial charge in [0, 0.05) is 18.8 Å². The Morgan fingerprint density at radius 3 is 2.55 bits per heavy atom. The van der Waals surface area contributed by atoms with Crippen LogP contribution in [0, 0.1) is 5.92 Å². The lowest BCUT2D eigenvalue weighted by Crippen LogP contribution is -2.25. The van der Waals surface area contributed by atoms with Gasteiger partial charge in [-0.05, 0) is 38.3 Å². The van der Waals surface area contributed by atoms with Gasteiger partial charge in [0.15, 0.2) is 0 Å². The number of anilines is 1. The lowest BCUT2D eigenvalue weighted by Gasteiger charge is -2.22. The van der Waals surface area contributed by atoms with Crippen LogP contribution in [0.2, 0.25) is 0 Å². The van der Waals surface area contributed by atoms with Gasteiger partial charge in [-0.3, -0.25) is 4.79 Å². The zero-order valence-electron chi connectivity index (χ0n) is 13.0. The van der Waals surface area contributed by atoms with Gasteiger partial charge >= 0.3 is 5.97 Å². The largest absolute Gasteiger partial charge is 0.466 e. The maximum absolute atomic E-state index is 11.8. The summed E-state index contributed by atoms with van der Waals surface area (Å²) in [6.45, 7) is 8.32. The van der Waals surface area contributed by atoms with Gasteiger partial charge in [-0.25, -0.2) is 0 Å². The van der Waals surface area contributed by atoms with E-state index in [-0.39, 0.29) is 11.9 Å². The van der Waals surface area contributed by atoms with Crippen molar-refractivity contribution in [2.75, 3.05) is 24.6 Å². The molecule has 0 N–H and O–H groups in total. The molecule has 1 saturated heterocycles. The average molecular weight is 277 g/mol. The minimum Gasteiger partial charge on any atom is -0.466 e. The second kappa shape index (κ2) is 9.40. The van der Waals surface area contributed by atoms with Crippen molar-refractivity contribution in [3.05, 3.63) is 30.3 Å². The molecule has 1 atom stereocenters. The van der Waals surface area contributed by atoms with Gasteiger partial charge in [0.2, 0.25) is 0 Å². The number of carbonyl (C=O) groups is 1. The van der Waals surface area contributed by atoms with Crippen molar-refractivity contribution in [2.24, 2.45) is 5.92 Å². The van der Waals surface area contributed by atoms with E-state index in [0.717, 1.165) is 32.4 Å². The molecule has 1 aliphatic heterocycles. The molecule has 0 spiro atoms. The van der Waals surface area contributed by atoms with Crippen molar-refractivity contribution < 1.29 is 9.53 Å². The topological polar surface area (TPSA) is 29.5 Å². The molecule has 3 nitrogen and oxygen atoms in total. The van der Waals surface area contributed by atoms with Crippen molar-refractivity contribution in [3.63, 3.8) is 0 Å². The lowest BCUT2D eigenvalue weighted by atomic mass is 10.0. The van der Waals surface area contributed by atoms with Gasteiger partial charge in [0.1, 0.15) is 0 Å². The number of nitrogens with zero attached hydrogens (tertiary/aromatic N) is 1. The summed E-state index contributed by atoms with van der Waals surface area (Å²) in [5.74, 6) is 0.0612. The molecule has 0 bridgehead atoms. The number of hydrogen-bond donors (Lipinski definition) is 0. The number of benzene rings is 1. The highest BCUT2D eigenvalue weighted by atomic mass is 16.5. The predicted octanol–water partition coefficient (Wildman–Crippen LogP) is 3.88. The summed E-state index contributed by atoms with van der Waals surface area (Å²) in [5.41, 5.74) is 1.25. The van der Waals surface area contributed by atoms with Crippen molar-refractivity contribution in [3.8, 4) is 0 Å². The summed E-state index contributed by atoms with van der Waals surface area (Å²) in [5, 5.41) is 0. The number of para-hydroxylation sites is 1. The van der Waals surface area contributed by atoms with E-state index in [1.54, 1.807) is 0 Å². The molecule has 20 heavy (non-hydrogen) atoms. The fourth-order valence-electron chi connectivity index (χ4n) is 2.49. The zero-order chi connectivity index (χ0) is 14.8. The molecule has 0 saturated carbocycles. The molecule has 1 heterocycles. The number of rotatable bonds is 3. The molecule has 1 aliphatic rings. The first-order chi connectivity index (χ1) is 9.81. The molecule has 1 fully saturated rings. The van der Waals surface area contributed by atoms with Crippen LogP contribution in [0.3, 0.4) is 0 Å². The highest BCUT2D eigenvalue weighted by Gasteiger charge is 2.23. The van der Waals surface area contributed by atoms with E-state index in [9.17, 15) is 4.79 Å². The van der Waals surface area contributed by atoms with Crippen LogP contribution in [0.5, 0.6) is 0 Å². The van der Waals surface area contributed by atoms with Crippen LogP contribution in [0.25, 0.3) is 0 Å². The molecule has 2 rings (SSSR count). The van der Waals surface area contributed by atoms with Crippen molar-refractivity contribution in [1.29, 1.82) is 0 Å². The molecular weight excluding hydrogens is 250 g/mol. The number of ether oxygens (including phenoxy) is 1. The standard InChI is InChI=1S/C15H21NO2.C2H6/c1-2-18-15(17)13-7-6-11-16(12-10-13)14-8-4-3-5-9-14;1-2/h3-5,8-9,13H,2,6-7,10-12H2,1H3;1-2H3. The van der Waals surface area contributed by atoms with Crippen molar-refractivity contribution in [2.45, 2.75) is 40.0 Å². The van der Waals surface area contributed by atoms with Gasteiger partial charge in [0.05, 0.1) is 12.5 Å². The average Bonchev–Trinajstić information content (AvgIpc) is 2.76. The van der Waals surface area contributed by atoms with Gasteiger partial charge in [-0.1, -0.05) is 32.0 Å². The minimum absolute atomic E-state index is 0.0209.